The van der Waals surface area contributed by atoms with E-state index < -0.39 is 5.97 Å². The third kappa shape index (κ3) is 2.93. The van der Waals surface area contributed by atoms with Gasteiger partial charge < -0.3 is 9.67 Å². The lowest BCUT2D eigenvalue weighted by molar-refractivity contribution is 0.0696. The summed E-state index contributed by atoms with van der Waals surface area (Å²) in [4.78, 5) is 11.2. The van der Waals surface area contributed by atoms with Crippen molar-refractivity contribution in [2.75, 3.05) is 0 Å². The van der Waals surface area contributed by atoms with Gasteiger partial charge in [-0.1, -0.05) is 30.3 Å². The number of aromatic nitrogens is 1. The molecule has 0 saturated carbocycles. The summed E-state index contributed by atoms with van der Waals surface area (Å²) in [6, 6.07) is 12.4. The summed E-state index contributed by atoms with van der Waals surface area (Å²) in [5.41, 5.74) is 3.59. The van der Waals surface area contributed by atoms with E-state index >= 15 is 0 Å². The molecular weight excluding hydrogens is 250 g/mol. The topological polar surface area (TPSA) is 42.2 Å². The van der Waals surface area contributed by atoms with Crippen molar-refractivity contribution in [2.45, 2.75) is 39.7 Å². The van der Waals surface area contributed by atoms with Gasteiger partial charge in [0.25, 0.3) is 0 Å². The van der Waals surface area contributed by atoms with Gasteiger partial charge >= 0.3 is 5.97 Å². The SMILES string of the molecule is Cc1cc(C(=O)O)c(C)n1C(C)CCc1ccccc1. The van der Waals surface area contributed by atoms with Crippen LogP contribution in [-0.2, 0) is 6.42 Å². The van der Waals surface area contributed by atoms with Gasteiger partial charge in [-0.2, -0.15) is 0 Å². The average molecular weight is 271 g/mol. The van der Waals surface area contributed by atoms with Crippen LogP contribution in [0.25, 0.3) is 0 Å². The van der Waals surface area contributed by atoms with E-state index in [9.17, 15) is 9.90 Å². The van der Waals surface area contributed by atoms with Crippen molar-refractivity contribution in [1.82, 2.24) is 4.57 Å². The van der Waals surface area contributed by atoms with Gasteiger partial charge in [0.1, 0.15) is 0 Å². The molecule has 1 aromatic carbocycles. The van der Waals surface area contributed by atoms with Crippen molar-refractivity contribution in [2.24, 2.45) is 0 Å². The Morgan fingerprint density at radius 2 is 1.90 bits per heavy atom. The average Bonchev–Trinajstić information content (AvgIpc) is 2.73. The van der Waals surface area contributed by atoms with Crippen LogP contribution >= 0.6 is 0 Å². The second-order valence-electron chi connectivity index (χ2n) is 5.33. The zero-order valence-corrected chi connectivity index (χ0v) is 12.3. The van der Waals surface area contributed by atoms with Crippen LogP contribution in [0.15, 0.2) is 36.4 Å². The smallest absolute Gasteiger partial charge is 0.337 e. The van der Waals surface area contributed by atoms with Gasteiger partial charge in [0.2, 0.25) is 0 Å². The minimum atomic E-state index is -0.848. The molecule has 0 radical (unpaired) electrons. The van der Waals surface area contributed by atoms with Crippen LogP contribution in [0.2, 0.25) is 0 Å². The molecule has 0 fully saturated rings. The molecule has 0 spiro atoms. The van der Waals surface area contributed by atoms with Gasteiger partial charge in [0.05, 0.1) is 5.56 Å². The summed E-state index contributed by atoms with van der Waals surface area (Å²) in [5.74, 6) is -0.848. The summed E-state index contributed by atoms with van der Waals surface area (Å²) >= 11 is 0. The van der Waals surface area contributed by atoms with Crippen LogP contribution in [0.4, 0.5) is 0 Å². The van der Waals surface area contributed by atoms with Crippen molar-refractivity contribution < 1.29 is 9.90 Å². The van der Waals surface area contributed by atoms with E-state index in [4.69, 9.17) is 0 Å². The summed E-state index contributed by atoms with van der Waals surface area (Å²) in [7, 11) is 0. The Labute approximate surface area is 119 Å². The fraction of sp³-hybridized carbons (Fsp3) is 0.353. The molecule has 1 aromatic heterocycles. The van der Waals surface area contributed by atoms with Gasteiger partial charge in [0.15, 0.2) is 0 Å². The molecule has 106 valence electrons. The Morgan fingerprint density at radius 1 is 1.25 bits per heavy atom. The summed E-state index contributed by atoms with van der Waals surface area (Å²) in [5, 5.41) is 9.18. The minimum absolute atomic E-state index is 0.295. The van der Waals surface area contributed by atoms with E-state index in [1.165, 1.54) is 5.56 Å². The van der Waals surface area contributed by atoms with E-state index in [0.29, 0.717) is 11.6 Å². The van der Waals surface area contributed by atoms with Crippen LogP contribution in [0.1, 0.15) is 46.7 Å². The molecule has 0 aliphatic carbocycles. The van der Waals surface area contributed by atoms with E-state index in [2.05, 4.69) is 35.8 Å². The van der Waals surface area contributed by atoms with Crippen LogP contribution < -0.4 is 0 Å². The molecule has 0 aliphatic heterocycles. The monoisotopic (exact) mass is 271 g/mol. The highest BCUT2D eigenvalue weighted by Crippen LogP contribution is 2.23. The first kappa shape index (κ1) is 14.4. The Bertz CT molecular complexity index is 599. The van der Waals surface area contributed by atoms with E-state index in [-0.39, 0.29) is 0 Å². The van der Waals surface area contributed by atoms with Gasteiger partial charge in [0, 0.05) is 17.4 Å². The number of hydrogen-bond acceptors (Lipinski definition) is 1. The third-order valence-corrected chi connectivity index (χ3v) is 3.85. The van der Waals surface area contributed by atoms with Crippen LogP contribution in [-0.4, -0.2) is 15.6 Å². The van der Waals surface area contributed by atoms with Crippen LogP contribution in [0.5, 0.6) is 0 Å². The van der Waals surface area contributed by atoms with Crippen molar-refractivity contribution in [3.05, 3.63) is 58.9 Å². The third-order valence-electron chi connectivity index (χ3n) is 3.85. The molecule has 20 heavy (non-hydrogen) atoms. The quantitative estimate of drug-likeness (QED) is 0.893. The molecule has 0 aliphatic rings. The Kier molecular flexibility index (Phi) is 4.28. The van der Waals surface area contributed by atoms with Crippen molar-refractivity contribution in [3.63, 3.8) is 0 Å². The molecule has 1 unspecified atom stereocenters. The molecule has 1 N–H and O–H groups in total. The largest absolute Gasteiger partial charge is 0.478 e. The Hall–Kier alpha value is -2.03. The van der Waals surface area contributed by atoms with Crippen molar-refractivity contribution >= 4 is 5.97 Å². The number of aryl methyl sites for hydroxylation is 2. The van der Waals surface area contributed by atoms with Gasteiger partial charge in [-0.15, -0.1) is 0 Å². The summed E-state index contributed by atoms with van der Waals surface area (Å²) in [6.45, 7) is 6.00. The van der Waals surface area contributed by atoms with E-state index in [1.54, 1.807) is 6.07 Å². The highest BCUT2D eigenvalue weighted by molar-refractivity contribution is 5.89. The maximum Gasteiger partial charge on any atom is 0.337 e. The number of aromatic carboxylic acids is 1. The predicted molar refractivity (Wildman–Crippen MR) is 80.3 cm³/mol. The molecule has 0 amide bonds. The Morgan fingerprint density at radius 3 is 2.45 bits per heavy atom. The number of rotatable bonds is 5. The molecule has 2 rings (SSSR count). The number of carboxylic acids is 1. The number of benzene rings is 1. The Balaban J connectivity index is 2.13. The lowest BCUT2D eigenvalue weighted by Crippen LogP contribution is -2.11. The van der Waals surface area contributed by atoms with E-state index in [1.807, 2.05) is 19.9 Å². The second-order valence-corrected chi connectivity index (χ2v) is 5.33. The molecule has 1 atom stereocenters. The molecule has 3 heteroatoms. The fourth-order valence-electron chi connectivity index (χ4n) is 2.82. The first-order chi connectivity index (χ1) is 9.50. The zero-order valence-electron chi connectivity index (χ0n) is 12.3. The van der Waals surface area contributed by atoms with Gasteiger partial charge in [-0.05, 0) is 45.2 Å². The standard InChI is InChI=1S/C17H21NO2/c1-12(9-10-15-7-5-4-6-8-15)18-13(2)11-16(14(18)3)17(19)20/h4-8,11-12H,9-10H2,1-3H3,(H,19,20). The predicted octanol–water partition coefficient (Wildman–Crippen LogP) is 4.00. The van der Waals surface area contributed by atoms with Crippen molar-refractivity contribution in [3.8, 4) is 0 Å². The fourth-order valence-corrected chi connectivity index (χ4v) is 2.82. The number of carbonyl (C=O) groups is 1. The van der Waals surface area contributed by atoms with Crippen LogP contribution in [0.3, 0.4) is 0 Å². The number of carboxylic acid groups (broad SMARTS) is 1. The highest BCUT2D eigenvalue weighted by atomic mass is 16.4. The maximum atomic E-state index is 11.2. The van der Waals surface area contributed by atoms with E-state index in [0.717, 1.165) is 24.2 Å². The molecular formula is C17H21NO2. The highest BCUT2D eigenvalue weighted by Gasteiger charge is 2.17. The molecule has 1 heterocycles. The van der Waals surface area contributed by atoms with Crippen molar-refractivity contribution in [1.29, 1.82) is 0 Å². The molecule has 2 aromatic rings. The lowest BCUT2D eigenvalue weighted by atomic mass is 10.1. The van der Waals surface area contributed by atoms with Gasteiger partial charge in [-0.3, -0.25) is 0 Å². The zero-order chi connectivity index (χ0) is 14.7. The molecule has 0 saturated heterocycles. The summed E-state index contributed by atoms with van der Waals surface area (Å²) < 4.78 is 2.13. The lowest BCUT2D eigenvalue weighted by Gasteiger charge is -2.18. The second kappa shape index (κ2) is 5.95. The number of nitrogens with zero attached hydrogens (tertiary/aromatic N) is 1. The van der Waals surface area contributed by atoms with Gasteiger partial charge in [-0.25, -0.2) is 4.79 Å². The molecule has 0 bridgehead atoms. The first-order valence-electron chi connectivity index (χ1n) is 6.96. The van der Waals surface area contributed by atoms with Crippen LogP contribution in [0, 0.1) is 13.8 Å². The molecule has 3 nitrogen and oxygen atoms in total. The minimum Gasteiger partial charge on any atom is -0.478 e. The normalized spacial score (nSPS) is 12.3. The maximum absolute atomic E-state index is 11.2. The number of hydrogen-bond donors (Lipinski definition) is 1. The summed E-state index contributed by atoms with van der Waals surface area (Å²) in [6.07, 6.45) is 2.00. The first-order valence-corrected chi connectivity index (χ1v) is 6.96.